The molecular formula is C50H82Cl2N6O17. The molecule has 0 bridgehead atoms. The Morgan fingerprint density at radius 3 is 0.947 bits per heavy atom. The molecule has 22 N–H and O–H groups in total. The first-order valence-corrected chi connectivity index (χ1v) is 23.8. The van der Waals surface area contributed by atoms with E-state index in [0.717, 1.165) is 75.5 Å². The number of benzene rings is 4. The summed E-state index contributed by atoms with van der Waals surface area (Å²) in [4.78, 5) is 30.4. The van der Waals surface area contributed by atoms with Gasteiger partial charge in [0.1, 0.15) is 39.6 Å². The summed E-state index contributed by atoms with van der Waals surface area (Å²) in [5.74, 6) is -2.35. The maximum atomic E-state index is 10.4. The summed E-state index contributed by atoms with van der Waals surface area (Å²) in [6.07, 6.45) is 0. The second kappa shape index (κ2) is 40.8. The van der Waals surface area contributed by atoms with Crippen LogP contribution in [0.2, 0.25) is 10.0 Å². The number of hydrogen-bond acceptors (Lipinski definition) is 16. The van der Waals surface area contributed by atoms with E-state index < -0.39 is 23.0 Å². The topological polar surface area (TPSA) is 446 Å². The van der Waals surface area contributed by atoms with Crippen LogP contribution in [0.15, 0.2) is 109 Å². The summed E-state index contributed by atoms with van der Waals surface area (Å²) >= 11 is 12.1. The lowest BCUT2D eigenvalue weighted by Gasteiger charge is -2.39. The lowest BCUT2D eigenvalue weighted by molar-refractivity contribution is -0.495. The average molecular weight is 1110 g/mol. The van der Waals surface area contributed by atoms with Gasteiger partial charge in [0.15, 0.2) is 11.1 Å². The van der Waals surface area contributed by atoms with Crippen molar-refractivity contribution in [3.05, 3.63) is 141 Å². The van der Waals surface area contributed by atoms with Crippen LogP contribution in [0.3, 0.4) is 0 Å². The Balaban J connectivity index is -0.00000102. The molecule has 0 amide bonds. The predicted molar refractivity (Wildman–Crippen MR) is 279 cm³/mol. The molecule has 428 valence electrons. The third-order valence-electron chi connectivity index (χ3n) is 11.7. The lowest BCUT2D eigenvalue weighted by Crippen LogP contribution is -2.78. The van der Waals surface area contributed by atoms with Crippen LogP contribution in [-0.2, 0) is 19.1 Å². The lowest BCUT2D eigenvalue weighted by atomic mass is 9.96. The van der Waals surface area contributed by atoms with Crippen LogP contribution < -0.4 is 21.7 Å². The standard InChI is InChI=1S/2C21H25ClN2O3.2C4H11NO3.5H2O/c2*22-19-8-6-18(7-9-19)21(17-4-2-1-3-5-17)24-12-10-23(11-13-24)14-15-27-16-20(25)26;2*5-4(1-6,2-7)3-8;;;;;/h2*1-9,21H,10-16H2,(H,25,26);2*6-8H,1-3,5H2;5*1H2/t2*21-;;;;;;;/m10......./s1. The van der Waals surface area contributed by atoms with E-state index in [1.54, 1.807) is 0 Å². The zero-order valence-corrected chi connectivity index (χ0v) is 43.8. The molecule has 4 aromatic carbocycles. The molecule has 2 aliphatic heterocycles. The Kier molecular flexibility index (Phi) is 40.8. The van der Waals surface area contributed by atoms with Gasteiger partial charge in [0.2, 0.25) is 0 Å². The van der Waals surface area contributed by atoms with Crippen molar-refractivity contribution in [2.75, 3.05) is 132 Å². The summed E-state index contributed by atoms with van der Waals surface area (Å²) < 4.78 is 10.2. The summed E-state index contributed by atoms with van der Waals surface area (Å²) in [6.45, 7) is 7.28. The van der Waals surface area contributed by atoms with Crippen molar-refractivity contribution in [1.29, 1.82) is 0 Å². The molecule has 0 saturated carbocycles. The van der Waals surface area contributed by atoms with Gasteiger partial charge in [0, 0.05) is 75.5 Å². The van der Waals surface area contributed by atoms with E-state index >= 15 is 0 Å². The number of carboxylic acid groups (broad SMARTS) is 2. The molecule has 2 heterocycles. The Hall–Kier alpha value is -4.36. The van der Waals surface area contributed by atoms with E-state index in [4.69, 9.17) is 63.3 Å². The zero-order chi connectivity index (χ0) is 51.4. The Morgan fingerprint density at radius 1 is 0.467 bits per heavy atom. The fraction of sp³-hybridized carbons (Fsp3) is 0.480. The summed E-state index contributed by atoms with van der Waals surface area (Å²) in [5.41, 5.74) is 9.84. The van der Waals surface area contributed by atoms with Crippen LogP contribution in [0.4, 0.5) is 0 Å². The van der Waals surface area contributed by atoms with E-state index in [1.165, 1.54) is 22.3 Å². The molecule has 0 radical (unpaired) electrons. The van der Waals surface area contributed by atoms with Crippen LogP contribution in [0.25, 0.3) is 0 Å². The Labute approximate surface area is 448 Å². The Bertz CT molecular complexity index is 1860. The van der Waals surface area contributed by atoms with Crippen molar-refractivity contribution < 1.29 is 98.8 Å². The van der Waals surface area contributed by atoms with Gasteiger partial charge < -0.3 is 98.8 Å². The first-order chi connectivity index (χ1) is 33.6. The van der Waals surface area contributed by atoms with Crippen LogP contribution in [0, 0.1) is 0 Å². The van der Waals surface area contributed by atoms with E-state index in [0.29, 0.717) is 13.2 Å². The maximum absolute atomic E-state index is 10.4. The average Bonchev–Trinajstić information content (AvgIpc) is 3.39. The van der Waals surface area contributed by atoms with Crippen molar-refractivity contribution >= 4 is 35.1 Å². The third kappa shape index (κ3) is 27.5. The number of rotatable bonds is 22. The minimum Gasteiger partial charge on any atom is -0.548 e. The van der Waals surface area contributed by atoms with Gasteiger partial charge in [0.25, 0.3) is 0 Å². The summed E-state index contributed by atoms with van der Waals surface area (Å²) in [7, 11) is 0. The van der Waals surface area contributed by atoms with Gasteiger partial charge in [-0.15, -0.1) is 0 Å². The first kappa shape index (κ1) is 74.9. The fourth-order valence-corrected chi connectivity index (χ4v) is 7.53. The molecule has 75 heavy (non-hydrogen) atoms. The molecule has 4 aromatic rings. The molecule has 23 nitrogen and oxygen atoms in total. The number of aliphatic hydroxyl groups is 6. The van der Waals surface area contributed by atoms with Gasteiger partial charge in [-0.25, -0.2) is 0 Å². The van der Waals surface area contributed by atoms with Gasteiger partial charge >= 0.3 is 0 Å². The van der Waals surface area contributed by atoms with Crippen LogP contribution in [0.5, 0.6) is 0 Å². The minimum atomic E-state index is -1.17. The Morgan fingerprint density at radius 2 is 0.720 bits per heavy atom. The molecule has 0 aromatic heterocycles. The molecule has 2 fully saturated rings. The van der Waals surface area contributed by atoms with Gasteiger partial charge in [-0.3, -0.25) is 19.6 Å². The van der Waals surface area contributed by atoms with Gasteiger partial charge in [-0.05, 0) is 46.5 Å². The number of aliphatic carboxylic acids is 2. The van der Waals surface area contributed by atoms with Crippen molar-refractivity contribution in [2.24, 2.45) is 0 Å². The van der Waals surface area contributed by atoms with Crippen molar-refractivity contribution in [3.63, 3.8) is 0 Å². The van der Waals surface area contributed by atoms with Crippen LogP contribution in [0.1, 0.15) is 34.3 Å². The predicted octanol–water partition coefficient (Wildman–Crippen LogP) is -6.61. The molecular weight excluding hydrogens is 1030 g/mol. The molecule has 6 rings (SSSR count). The van der Waals surface area contributed by atoms with E-state index in [9.17, 15) is 19.8 Å². The number of halogens is 2. The number of ether oxygens (including phenoxy) is 2. The highest BCUT2D eigenvalue weighted by Crippen LogP contribution is 2.32. The van der Waals surface area contributed by atoms with E-state index in [1.807, 2.05) is 36.4 Å². The van der Waals surface area contributed by atoms with E-state index in [2.05, 4.69) is 104 Å². The first-order valence-electron chi connectivity index (χ1n) is 23.1. The van der Waals surface area contributed by atoms with Crippen LogP contribution >= 0.6 is 23.2 Å². The maximum Gasteiger partial charge on any atom is 0.164 e. The largest absolute Gasteiger partial charge is 0.548 e. The number of quaternary nitrogens is 2. The van der Waals surface area contributed by atoms with Gasteiger partial charge in [-0.2, -0.15) is 0 Å². The van der Waals surface area contributed by atoms with Gasteiger partial charge in [0.05, 0.1) is 50.4 Å². The number of carboxylic acids is 2. The third-order valence-corrected chi connectivity index (χ3v) is 12.2. The quantitative estimate of drug-likeness (QED) is 0.0339. The SMILES string of the molecule is O.O.O.O.O.O=C([O-])COCCN1CCN([C@@H](c2ccccc2)c2ccc(Cl)cc2)CC1.O=C([O-])COCCN1CCN([C@H](c2ccccc2)c2ccc(Cl)cc2)CC1.[NH3+]C(CO)(CO)CO.[NH3+]C(CO)(CO)CO. The number of carbonyl (C=O) groups excluding carboxylic acids is 2. The number of nitrogens with zero attached hydrogens (tertiary/aromatic N) is 4. The number of carbonyl (C=O) groups is 2. The number of piperazine rings is 2. The van der Waals surface area contributed by atoms with E-state index in [-0.39, 0.29) is 92.3 Å². The smallest absolute Gasteiger partial charge is 0.164 e. The fourth-order valence-electron chi connectivity index (χ4n) is 7.28. The molecule has 0 unspecified atom stereocenters. The number of aliphatic hydroxyl groups excluding tert-OH is 6. The molecule has 2 saturated heterocycles. The molecule has 0 aliphatic carbocycles. The summed E-state index contributed by atoms with van der Waals surface area (Å²) in [5, 5.41) is 72.7. The molecule has 2 aliphatic rings. The van der Waals surface area contributed by atoms with Gasteiger partial charge in [-0.1, -0.05) is 108 Å². The molecule has 2 atom stereocenters. The van der Waals surface area contributed by atoms with Crippen molar-refractivity contribution in [2.45, 2.75) is 23.2 Å². The number of hydrogen-bond donors (Lipinski definition) is 8. The second-order valence-corrected chi connectivity index (χ2v) is 18.2. The minimum absolute atomic E-state index is 0. The van der Waals surface area contributed by atoms with Crippen molar-refractivity contribution in [1.82, 2.24) is 19.6 Å². The summed E-state index contributed by atoms with van der Waals surface area (Å²) in [6, 6.07) is 37.6. The highest BCUT2D eigenvalue weighted by molar-refractivity contribution is 6.30. The molecule has 0 spiro atoms. The van der Waals surface area contributed by atoms with Crippen LogP contribution in [-0.4, -0.2) is 232 Å². The highest BCUT2D eigenvalue weighted by Gasteiger charge is 2.29. The normalized spacial score (nSPS) is 14.7. The second-order valence-electron chi connectivity index (χ2n) is 17.3. The van der Waals surface area contributed by atoms with Crippen molar-refractivity contribution in [3.8, 4) is 0 Å². The molecule has 25 heteroatoms. The highest BCUT2D eigenvalue weighted by atomic mass is 35.5. The zero-order valence-electron chi connectivity index (χ0n) is 42.3. The monoisotopic (exact) mass is 1110 g/mol.